The van der Waals surface area contributed by atoms with Crippen LogP contribution in [0.4, 0.5) is 4.39 Å². The first-order chi connectivity index (χ1) is 15.8. The van der Waals surface area contributed by atoms with Gasteiger partial charge in [0, 0.05) is 23.7 Å². The fourth-order valence-corrected chi connectivity index (χ4v) is 5.43. The highest BCUT2D eigenvalue weighted by Crippen LogP contribution is 2.35. The van der Waals surface area contributed by atoms with Crippen LogP contribution in [0.5, 0.6) is 0 Å². The fraction of sp³-hybridized carbons (Fsp3) is 0.462. The van der Waals surface area contributed by atoms with Crippen LogP contribution in [0.3, 0.4) is 0 Å². The van der Waals surface area contributed by atoms with Gasteiger partial charge in [0.15, 0.2) is 5.58 Å². The number of amides is 2. The van der Waals surface area contributed by atoms with Crippen molar-refractivity contribution in [1.82, 2.24) is 14.8 Å². The third-order valence-corrected chi connectivity index (χ3v) is 7.85. The predicted octanol–water partition coefficient (Wildman–Crippen LogP) is 4.73. The molecule has 7 heteroatoms. The van der Waals surface area contributed by atoms with Crippen LogP contribution in [-0.2, 0) is 17.9 Å². The molecule has 1 saturated carbocycles. The average molecular weight is 452 g/mol. The summed E-state index contributed by atoms with van der Waals surface area (Å²) in [6, 6.07) is 9.96. The standard InChI is InChI=1S/C26H30FN3O3/c1-16-7-6-10-20(17(16)2)28-25(32)26(3)15-29-21-11-12-33-23(21)13-22(29)24(31)30(26)14-18-8-4-5-9-19(18)27/h4-5,8-9,11-13,16-17,20H,6-7,10,14-15H2,1-3H3,(H,28,32)/t16-,17+,20+,26-/m1/s1. The number of carbonyl (C=O) groups excluding carboxylic acids is 2. The van der Waals surface area contributed by atoms with Crippen molar-refractivity contribution < 1.29 is 18.4 Å². The van der Waals surface area contributed by atoms with Crippen molar-refractivity contribution in [3.05, 3.63) is 59.7 Å². The summed E-state index contributed by atoms with van der Waals surface area (Å²) >= 11 is 0. The molecule has 1 fully saturated rings. The zero-order chi connectivity index (χ0) is 23.3. The van der Waals surface area contributed by atoms with E-state index in [1.807, 2.05) is 10.6 Å². The minimum Gasteiger partial charge on any atom is -0.463 e. The molecule has 0 radical (unpaired) electrons. The van der Waals surface area contributed by atoms with Crippen LogP contribution in [-0.4, -0.2) is 32.9 Å². The van der Waals surface area contributed by atoms with Crippen LogP contribution in [0, 0.1) is 17.7 Å². The van der Waals surface area contributed by atoms with Gasteiger partial charge < -0.3 is 19.2 Å². The molecule has 0 spiro atoms. The molecule has 1 aliphatic heterocycles. The van der Waals surface area contributed by atoms with Crippen molar-refractivity contribution in [2.45, 2.75) is 64.7 Å². The van der Waals surface area contributed by atoms with Crippen molar-refractivity contribution in [1.29, 1.82) is 0 Å². The second-order valence-electron chi connectivity index (χ2n) is 9.89. The van der Waals surface area contributed by atoms with E-state index < -0.39 is 11.4 Å². The summed E-state index contributed by atoms with van der Waals surface area (Å²) < 4.78 is 21.9. The Morgan fingerprint density at radius 2 is 2.03 bits per heavy atom. The maximum Gasteiger partial charge on any atom is 0.271 e. The number of hydrogen-bond acceptors (Lipinski definition) is 3. The molecule has 0 bridgehead atoms. The van der Waals surface area contributed by atoms with Crippen molar-refractivity contribution >= 4 is 22.9 Å². The van der Waals surface area contributed by atoms with E-state index >= 15 is 0 Å². The summed E-state index contributed by atoms with van der Waals surface area (Å²) in [5.74, 6) is -0.0143. The lowest BCUT2D eigenvalue weighted by Crippen LogP contribution is -2.65. The molecule has 2 aliphatic rings. The first kappa shape index (κ1) is 21.7. The lowest BCUT2D eigenvalue weighted by atomic mass is 9.77. The number of benzene rings is 1. The van der Waals surface area contributed by atoms with Gasteiger partial charge in [0.25, 0.3) is 5.91 Å². The summed E-state index contributed by atoms with van der Waals surface area (Å²) in [6.45, 7) is 6.47. The first-order valence-corrected chi connectivity index (χ1v) is 11.7. The van der Waals surface area contributed by atoms with Crippen LogP contribution in [0.15, 0.2) is 47.1 Å². The van der Waals surface area contributed by atoms with E-state index in [4.69, 9.17) is 4.42 Å². The molecule has 6 nitrogen and oxygen atoms in total. The maximum absolute atomic E-state index is 14.5. The number of nitrogens with zero attached hydrogens (tertiary/aromatic N) is 2. The monoisotopic (exact) mass is 451 g/mol. The second kappa shape index (κ2) is 8.04. The summed E-state index contributed by atoms with van der Waals surface area (Å²) in [4.78, 5) is 29.1. The largest absolute Gasteiger partial charge is 0.463 e. The normalized spacial score (nSPS) is 27.6. The van der Waals surface area contributed by atoms with Crippen LogP contribution < -0.4 is 5.32 Å². The molecule has 0 unspecified atom stereocenters. The molecule has 3 heterocycles. The van der Waals surface area contributed by atoms with Gasteiger partial charge in [0.2, 0.25) is 5.91 Å². The molecule has 1 N–H and O–H groups in total. The smallest absolute Gasteiger partial charge is 0.271 e. The van der Waals surface area contributed by atoms with Gasteiger partial charge in [-0.15, -0.1) is 0 Å². The molecule has 1 aromatic carbocycles. The topological polar surface area (TPSA) is 67.5 Å². The zero-order valence-corrected chi connectivity index (χ0v) is 19.3. The Balaban J connectivity index is 1.54. The van der Waals surface area contributed by atoms with E-state index in [9.17, 15) is 14.0 Å². The summed E-state index contributed by atoms with van der Waals surface area (Å²) in [5.41, 5.74) is 1.03. The molecule has 174 valence electrons. The Hall–Kier alpha value is -3.09. The molecule has 0 saturated heterocycles. The van der Waals surface area contributed by atoms with Gasteiger partial charge in [-0.2, -0.15) is 0 Å². The third kappa shape index (κ3) is 3.54. The van der Waals surface area contributed by atoms with E-state index in [1.165, 1.54) is 11.0 Å². The van der Waals surface area contributed by atoms with Crippen LogP contribution in [0.25, 0.3) is 11.1 Å². The van der Waals surface area contributed by atoms with Crippen molar-refractivity contribution in [2.24, 2.45) is 11.8 Å². The predicted molar refractivity (Wildman–Crippen MR) is 123 cm³/mol. The maximum atomic E-state index is 14.5. The lowest BCUT2D eigenvalue weighted by molar-refractivity contribution is -0.134. The third-order valence-electron chi connectivity index (χ3n) is 7.85. The van der Waals surface area contributed by atoms with Crippen molar-refractivity contribution in [2.75, 3.05) is 0 Å². The van der Waals surface area contributed by atoms with Gasteiger partial charge in [-0.25, -0.2) is 4.39 Å². The Morgan fingerprint density at radius 3 is 2.82 bits per heavy atom. The highest BCUT2D eigenvalue weighted by atomic mass is 19.1. The second-order valence-corrected chi connectivity index (χ2v) is 9.89. The summed E-state index contributed by atoms with van der Waals surface area (Å²) in [7, 11) is 0. The number of halogens is 1. The van der Waals surface area contributed by atoms with Crippen LogP contribution >= 0.6 is 0 Å². The number of nitrogens with one attached hydrogen (secondary N) is 1. The Kier molecular flexibility index (Phi) is 5.30. The van der Waals surface area contributed by atoms with Crippen molar-refractivity contribution in [3.63, 3.8) is 0 Å². The summed E-state index contributed by atoms with van der Waals surface area (Å²) in [6.07, 6.45) is 4.74. The van der Waals surface area contributed by atoms with Crippen LogP contribution in [0.2, 0.25) is 0 Å². The number of fused-ring (bicyclic) bond motifs is 3. The van der Waals surface area contributed by atoms with Gasteiger partial charge >= 0.3 is 0 Å². The van der Waals surface area contributed by atoms with Gasteiger partial charge in [0.05, 0.1) is 24.9 Å². The molecule has 5 rings (SSSR count). The van der Waals surface area contributed by atoms with Gasteiger partial charge in [-0.3, -0.25) is 9.59 Å². The number of rotatable bonds is 4. The number of hydrogen-bond donors (Lipinski definition) is 1. The van der Waals surface area contributed by atoms with E-state index in [1.54, 1.807) is 37.5 Å². The Morgan fingerprint density at radius 1 is 1.24 bits per heavy atom. The van der Waals surface area contributed by atoms with E-state index in [2.05, 4.69) is 19.2 Å². The Labute approximate surface area is 192 Å². The quantitative estimate of drug-likeness (QED) is 0.624. The first-order valence-electron chi connectivity index (χ1n) is 11.7. The summed E-state index contributed by atoms with van der Waals surface area (Å²) in [5, 5.41) is 3.26. The van der Waals surface area contributed by atoms with E-state index in [-0.39, 0.29) is 30.9 Å². The van der Waals surface area contributed by atoms with Crippen molar-refractivity contribution in [3.8, 4) is 0 Å². The molecule has 33 heavy (non-hydrogen) atoms. The molecule has 4 atom stereocenters. The molecule has 3 aromatic rings. The lowest BCUT2D eigenvalue weighted by Gasteiger charge is -2.45. The SMILES string of the molecule is C[C@H]1[C@H](C)CCC[C@@H]1NC(=O)[C@@]1(C)Cn2c(cc3occc32)C(=O)N1Cc1ccccc1F. The highest BCUT2D eigenvalue weighted by Gasteiger charge is 2.49. The molecule has 2 aromatic heterocycles. The van der Waals surface area contributed by atoms with Gasteiger partial charge in [0.1, 0.15) is 17.1 Å². The van der Waals surface area contributed by atoms with E-state index in [0.29, 0.717) is 28.7 Å². The fourth-order valence-electron chi connectivity index (χ4n) is 5.43. The minimum absolute atomic E-state index is 0.0125. The van der Waals surface area contributed by atoms with E-state index in [0.717, 1.165) is 24.8 Å². The number of aromatic nitrogens is 1. The number of furan rings is 1. The molecular formula is C26H30FN3O3. The Bertz CT molecular complexity index is 1210. The molecule has 1 aliphatic carbocycles. The minimum atomic E-state index is -1.18. The van der Waals surface area contributed by atoms with Gasteiger partial charge in [-0.1, -0.05) is 44.9 Å². The van der Waals surface area contributed by atoms with Crippen LogP contribution in [0.1, 0.15) is 56.1 Å². The molecular weight excluding hydrogens is 421 g/mol. The highest BCUT2D eigenvalue weighted by molar-refractivity contribution is 6.02. The average Bonchev–Trinajstić information content (AvgIpc) is 3.38. The molecule has 2 amide bonds. The van der Waals surface area contributed by atoms with Gasteiger partial charge in [-0.05, 0) is 31.2 Å². The zero-order valence-electron chi connectivity index (χ0n) is 19.3. The number of carbonyl (C=O) groups is 2.